The van der Waals surface area contributed by atoms with E-state index in [-0.39, 0.29) is 0 Å². The van der Waals surface area contributed by atoms with Crippen LogP contribution >= 0.6 is 11.6 Å². The van der Waals surface area contributed by atoms with E-state index in [2.05, 4.69) is 27.5 Å². The van der Waals surface area contributed by atoms with Gasteiger partial charge in [-0.15, -0.1) is 0 Å². The van der Waals surface area contributed by atoms with E-state index in [9.17, 15) is 0 Å². The molecule has 0 saturated carbocycles. The summed E-state index contributed by atoms with van der Waals surface area (Å²) in [6.45, 7) is 4.05. The van der Waals surface area contributed by atoms with E-state index in [4.69, 9.17) is 16.3 Å². The molecular formula is C18H23ClN4O. The number of nitrogens with one attached hydrogen (secondary N) is 2. The summed E-state index contributed by atoms with van der Waals surface area (Å²) in [5.41, 5.74) is 2.16. The fourth-order valence-electron chi connectivity index (χ4n) is 2.05. The first-order valence-corrected chi connectivity index (χ1v) is 8.35. The molecule has 2 rings (SSSR count). The number of guanidine groups is 1. The smallest absolute Gasteiger partial charge is 0.213 e. The fourth-order valence-corrected chi connectivity index (χ4v) is 2.26. The lowest BCUT2D eigenvalue weighted by Crippen LogP contribution is -2.36. The highest BCUT2D eigenvalue weighted by atomic mass is 35.5. The molecule has 1 aromatic carbocycles. The van der Waals surface area contributed by atoms with Crippen LogP contribution in [0.5, 0.6) is 5.88 Å². The average molecular weight is 347 g/mol. The molecule has 2 N–H and O–H groups in total. The molecule has 0 aliphatic rings. The molecule has 0 amide bonds. The third kappa shape index (κ3) is 6.08. The van der Waals surface area contributed by atoms with E-state index >= 15 is 0 Å². The van der Waals surface area contributed by atoms with Crippen molar-refractivity contribution in [1.29, 1.82) is 0 Å². The summed E-state index contributed by atoms with van der Waals surface area (Å²) in [6.07, 6.45) is 2.78. The van der Waals surface area contributed by atoms with E-state index in [0.29, 0.717) is 25.6 Å². The topological polar surface area (TPSA) is 58.5 Å². The largest absolute Gasteiger partial charge is 0.478 e. The van der Waals surface area contributed by atoms with Crippen LogP contribution in [0.3, 0.4) is 0 Å². The third-order valence-electron chi connectivity index (χ3n) is 3.28. The minimum Gasteiger partial charge on any atom is -0.478 e. The molecule has 0 spiro atoms. The van der Waals surface area contributed by atoms with Gasteiger partial charge in [-0.25, -0.2) is 4.98 Å². The second-order valence-electron chi connectivity index (χ2n) is 5.26. The van der Waals surface area contributed by atoms with Crippen LogP contribution in [0.2, 0.25) is 5.02 Å². The molecule has 6 heteroatoms. The minimum atomic E-state index is 0.635. The zero-order chi connectivity index (χ0) is 17.2. The number of hydrogen-bond donors (Lipinski definition) is 2. The molecule has 0 atom stereocenters. The zero-order valence-electron chi connectivity index (χ0n) is 14.1. The van der Waals surface area contributed by atoms with Gasteiger partial charge in [-0.1, -0.05) is 36.7 Å². The van der Waals surface area contributed by atoms with Crippen molar-refractivity contribution in [2.24, 2.45) is 4.99 Å². The van der Waals surface area contributed by atoms with Crippen molar-refractivity contribution < 1.29 is 4.74 Å². The average Bonchev–Trinajstić information content (AvgIpc) is 2.61. The van der Waals surface area contributed by atoms with Crippen molar-refractivity contribution in [3.8, 4) is 5.88 Å². The highest BCUT2D eigenvalue weighted by molar-refractivity contribution is 6.30. The lowest BCUT2D eigenvalue weighted by Gasteiger charge is -2.12. The minimum absolute atomic E-state index is 0.635. The highest BCUT2D eigenvalue weighted by Crippen LogP contribution is 2.10. The Bertz CT molecular complexity index is 658. The van der Waals surface area contributed by atoms with Crippen LogP contribution in [0, 0.1) is 0 Å². The number of pyridine rings is 1. The molecule has 24 heavy (non-hydrogen) atoms. The molecular weight excluding hydrogens is 324 g/mol. The number of nitrogens with zero attached hydrogens (tertiary/aromatic N) is 2. The lowest BCUT2D eigenvalue weighted by atomic mass is 10.2. The summed E-state index contributed by atoms with van der Waals surface area (Å²) in [7, 11) is 1.74. The molecule has 0 aliphatic carbocycles. The molecule has 0 unspecified atom stereocenters. The summed E-state index contributed by atoms with van der Waals surface area (Å²) >= 11 is 5.99. The Morgan fingerprint density at radius 3 is 2.58 bits per heavy atom. The first kappa shape index (κ1) is 18.1. The normalized spacial score (nSPS) is 11.2. The molecule has 0 radical (unpaired) electrons. The van der Waals surface area contributed by atoms with E-state index in [1.54, 1.807) is 7.05 Å². The number of aromatic nitrogens is 1. The van der Waals surface area contributed by atoms with Gasteiger partial charge in [0.1, 0.15) is 0 Å². The summed E-state index contributed by atoms with van der Waals surface area (Å²) in [5, 5.41) is 7.25. The summed E-state index contributed by atoms with van der Waals surface area (Å²) in [5.74, 6) is 1.38. The molecule has 0 bridgehead atoms. The van der Waals surface area contributed by atoms with Gasteiger partial charge >= 0.3 is 0 Å². The van der Waals surface area contributed by atoms with Crippen LogP contribution in [-0.4, -0.2) is 24.6 Å². The predicted molar refractivity (Wildman–Crippen MR) is 98.5 cm³/mol. The van der Waals surface area contributed by atoms with Crippen molar-refractivity contribution in [3.63, 3.8) is 0 Å². The van der Waals surface area contributed by atoms with Crippen LogP contribution in [-0.2, 0) is 13.1 Å². The first-order valence-electron chi connectivity index (χ1n) is 7.98. The number of ether oxygens (including phenoxy) is 1. The molecule has 0 saturated heterocycles. The SMILES string of the molecule is CCCOc1ccc(CNC(=NC)NCc2cccc(Cl)c2)cn1. The van der Waals surface area contributed by atoms with Gasteiger partial charge in [0.15, 0.2) is 5.96 Å². The van der Waals surface area contributed by atoms with Crippen LogP contribution in [0.4, 0.5) is 0 Å². The third-order valence-corrected chi connectivity index (χ3v) is 3.52. The van der Waals surface area contributed by atoms with Crippen molar-refractivity contribution in [2.45, 2.75) is 26.4 Å². The van der Waals surface area contributed by atoms with Crippen LogP contribution < -0.4 is 15.4 Å². The van der Waals surface area contributed by atoms with Gasteiger partial charge < -0.3 is 15.4 Å². The van der Waals surface area contributed by atoms with Gasteiger partial charge in [-0.05, 0) is 29.7 Å². The number of hydrogen-bond acceptors (Lipinski definition) is 3. The highest BCUT2D eigenvalue weighted by Gasteiger charge is 2.01. The Kier molecular flexibility index (Phi) is 7.36. The summed E-state index contributed by atoms with van der Waals surface area (Å²) in [4.78, 5) is 8.50. The second-order valence-corrected chi connectivity index (χ2v) is 5.70. The van der Waals surface area contributed by atoms with Gasteiger partial charge in [0.2, 0.25) is 5.88 Å². The lowest BCUT2D eigenvalue weighted by molar-refractivity contribution is 0.305. The van der Waals surface area contributed by atoms with Crippen molar-refractivity contribution in [2.75, 3.05) is 13.7 Å². The molecule has 0 aliphatic heterocycles. The van der Waals surface area contributed by atoms with E-state index in [1.165, 1.54) is 0 Å². The molecule has 1 heterocycles. The van der Waals surface area contributed by atoms with Gasteiger partial charge in [0.05, 0.1) is 6.61 Å². The van der Waals surface area contributed by atoms with Crippen LogP contribution in [0.25, 0.3) is 0 Å². The van der Waals surface area contributed by atoms with Gasteiger partial charge in [-0.2, -0.15) is 0 Å². The fraction of sp³-hybridized carbons (Fsp3) is 0.333. The molecule has 0 fully saturated rings. The van der Waals surface area contributed by atoms with Gasteiger partial charge in [0.25, 0.3) is 0 Å². The van der Waals surface area contributed by atoms with E-state index in [1.807, 2.05) is 42.6 Å². The second kappa shape index (κ2) is 9.78. The Labute approximate surface area is 148 Å². The summed E-state index contributed by atoms with van der Waals surface area (Å²) < 4.78 is 5.48. The van der Waals surface area contributed by atoms with E-state index < -0.39 is 0 Å². The maximum Gasteiger partial charge on any atom is 0.213 e. The number of benzene rings is 1. The maximum absolute atomic E-state index is 5.99. The Morgan fingerprint density at radius 2 is 1.96 bits per heavy atom. The Morgan fingerprint density at radius 1 is 1.17 bits per heavy atom. The van der Waals surface area contributed by atoms with Crippen LogP contribution in [0.1, 0.15) is 24.5 Å². The maximum atomic E-state index is 5.99. The number of aliphatic imine (C=N–C) groups is 1. The first-order chi connectivity index (χ1) is 11.7. The Balaban J connectivity index is 1.80. The van der Waals surface area contributed by atoms with Crippen LogP contribution in [0.15, 0.2) is 47.6 Å². The summed E-state index contributed by atoms with van der Waals surface area (Å²) in [6, 6.07) is 11.6. The van der Waals surface area contributed by atoms with E-state index in [0.717, 1.165) is 28.5 Å². The molecule has 2 aromatic rings. The molecule has 128 valence electrons. The van der Waals surface area contributed by atoms with Crippen molar-refractivity contribution >= 4 is 17.6 Å². The van der Waals surface area contributed by atoms with Gasteiger partial charge in [0, 0.05) is 37.4 Å². The quantitative estimate of drug-likeness (QED) is 0.596. The standard InChI is InChI=1S/C18H23ClN4O/c1-3-9-24-17-8-7-15(12-21-17)13-23-18(20-2)22-11-14-5-4-6-16(19)10-14/h4-8,10,12H,3,9,11,13H2,1-2H3,(H2,20,22,23). The van der Waals surface area contributed by atoms with Crippen molar-refractivity contribution in [1.82, 2.24) is 15.6 Å². The van der Waals surface area contributed by atoms with Crippen molar-refractivity contribution in [3.05, 3.63) is 58.7 Å². The zero-order valence-corrected chi connectivity index (χ0v) is 14.8. The predicted octanol–water partition coefficient (Wildman–Crippen LogP) is 3.39. The number of rotatable bonds is 7. The van der Waals surface area contributed by atoms with Gasteiger partial charge in [-0.3, -0.25) is 4.99 Å². The monoisotopic (exact) mass is 346 g/mol. The molecule has 5 nitrogen and oxygen atoms in total. The molecule has 1 aromatic heterocycles. The number of halogens is 1. The Hall–Kier alpha value is -2.27.